The van der Waals surface area contributed by atoms with Crippen molar-refractivity contribution in [3.8, 4) is 0 Å². The van der Waals surface area contributed by atoms with Gasteiger partial charge in [0, 0.05) is 13.6 Å². The molecule has 0 fully saturated rings. The fraction of sp³-hybridized carbons (Fsp3) is 0.800. The number of nitrogens with two attached hydrogens (primary N) is 1. The molecule has 0 aromatic rings. The molecule has 0 aliphatic carbocycles. The van der Waals surface area contributed by atoms with Gasteiger partial charge in [-0.05, 0) is 19.3 Å². The molecular formula is C15H29N3O2S. The van der Waals surface area contributed by atoms with E-state index < -0.39 is 5.41 Å². The number of thiocarbonyl (C=S) groups is 1. The number of likely N-dealkylation sites (N-methyl/N-ethyl adjacent to an activating group) is 1. The van der Waals surface area contributed by atoms with Crippen molar-refractivity contribution in [2.24, 2.45) is 11.1 Å². The van der Waals surface area contributed by atoms with Crippen molar-refractivity contribution in [3.05, 3.63) is 0 Å². The molecule has 6 heteroatoms. The highest BCUT2D eigenvalue weighted by Gasteiger charge is 2.41. The molecule has 0 aromatic heterocycles. The highest BCUT2D eigenvalue weighted by molar-refractivity contribution is 7.80. The van der Waals surface area contributed by atoms with Crippen LogP contribution in [0.15, 0.2) is 0 Å². The second-order valence-electron chi connectivity index (χ2n) is 5.46. The van der Waals surface area contributed by atoms with Crippen LogP contribution in [0.2, 0.25) is 0 Å². The minimum Gasteiger partial charge on any atom is -0.392 e. The van der Waals surface area contributed by atoms with E-state index in [9.17, 15) is 9.59 Å². The van der Waals surface area contributed by atoms with Gasteiger partial charge in [0.05, 0.1) is 16.9 Å². The zero-order valence-corrected chi connectivity index (χ0v) is 14.5. The van der Waals surface area contributed by atoms with Crippen LogP contribution in [0, 0.1) is 5.41 Å². The summed E-state index contributed by atoms with van der Waals surface area (Å²) in [6, 6.07) is 0. The van der Waals surface area contributed by atoms with Gasteiger partial charge in [-0.1, -0.05) is 45.8 Å². The maximum absolute atomic E-state index is 12.8. The average molecular weight is 315 g/mol. The van der Waals surface area contributed by atoms with E-state index in [1.54, 1.807) is 7.05 Å². The molecule has 0 atom stereocenters. The smallest absolute Gasteiger partial charge is 0.239 e. The second-order valence-corrected chi connectivity index (χ2v) is 5.90. The molecule has 0 unspecified atom stereocenters. The molecule has 0 spiro atoms. The summed E-state index contributed by atoms with van der Waals surface area (Å²) in [5, 5.41) is 2.77. The lowest BCUT2D eigenvalue weighted by molar-refractivity contribution is -0.141. The van der Waals surface area contributed by atoms with Gasteiger partial charge in [-0.3, -0.25) is 9.59 Å². The van der Waals surface area contributed by atoms with Gasteiger partial charge >= 0.3 is 0 Å². The lowest BCUT2D eigenvalue weighted by Crippen LogP contribution is -2.51. The van der Waals surface area contributed by atoms with Crippen LogP contribution in [0.25, 0.3) is 0 Å². The van der Waals surface area contributed by atoms with Crippen LogP contribution in [-0.4, -0.2) is 41.8 Å². The van der Waals surface area contributed by atoms with Crippen LogP contribution in [0.4, 0.5) is 0 Å². The molecule has 122 valence electrons. The van der Waals surface area contributed by atoms with E-state index in [1.807, 2.05) is 20.8 Å². The Hall–Kier alpha value is -1.17. The van der Waals surface area contributed by atoms with E-state index in [0.29, 0.717) is 19.4 Å². The lowest BCUT2D eigenvalue weighted by atomic mass is 9.77. The molecule has 5 nitrogen and oxygen atoms in total. The normalized spacial score (nSPS) is 11.0. The molecule has 0 heterocycles. The fourth-order valence-electron chi connectivity index (χ4n) is 2.52. The van der Waals surface area contributed by atoms with Crippen molar-refractivity contribution >= 4 is 29.0 Å². The zero-order chi connectivity index (χ0) is 16.5. The first-order chi connectivity index (χ1) is 9.85. The first-order valence-corrected chi connectivity index (χ1v) is 8.08. The van der Waals surface area contributed by atoms with Crippen molar-refractivity contribution in [2.75, 3.05) is 20.1 Å². The van der Waals surface area contributed by atoms with E-state index in [-0.39, 0.29) is 23.3 Å². The molecule has 0 rings (SSSR count). The third kappa shape index (κ3) is 5.61. The second kappa shape index (κ2) is 9.71. The van der Waals surface area contributed by atoms with Crippen LogP contribution in [0.3, 0.4) is 0 Å². The Bertz CT molecular complexity index is 366. The Balaban J connectivity index is 5.01. The van der Waals surface area contributed by atoms with Gasteiger partial charge in [-0.15, -0.1) is 0 Å². The van der Waals surface area contributed by atoms with E-state index in [4.69, 9.17) is 18.0 Å². The SMILES string of the molecule is CCCNC(=O)CN(C)C(=O)C(CCC)(CCC)C(N)=S. The Labute approximate surface area is 133 Å². The summed E-state index contributed by atoms with van der Waals surface area (Å²) in [5.74, 6) is -0.303. The van der Waals surface area contributed by atoms with Crippen LogP contribution in [0.5, 0.6) is 0 Å². The molecule has 0 aliphatic rings. The van der Waals surface area contributed by atoms with Crippen LogP contribution in [0.1, 0.15) is 52.9 Å². The number of carbonyl (C=O) groups is 2. The van der Waals surface area contributed by atoms with Crippen LogP contribution >= 0.6 is 12.2 Å². The van der Waals surface area contributed by atoms with E-state index in [1.165, 1.54) is 4.90 Å². The Morgan fingerprint density at radius 2 is 1.67 bits per heavy atom. The average Bonchev–Trinajstić information content (AvgIpc) is 2.43. The predicted molar refractivity (Wildman–Crippen MR) is 90.0 cm³/mol. The minimum atomic E-state index is -0.821. The maximum atomic E-state index is 12.8. The molecule has 2 amide bonds. The van der Waals surface area contributed by atoms with Gasteiger partial charge in [0.15, 0.2) is 0 Å². The van der Waals surface area contributed by atoms with Gasteiger partial charge in [-0.25, -0.2) is 0 Å². The fourth-order valence-corrected chi connectivity index (χ4v) is 2.81. The number of hydrogen-bond donors (Lipinski definition) is 2. The molecule has 0 bridgehead atoms. The number of nitrogens with zero attached hydrogens (tertiary/aromatic N) is 1. The largest absolute Gasteiger partial charge is 0.392 e. The molecule has 0 radical (unpaired) electrons. The number of amides is 2. The van der Waals surface area contributed by atoms with Crippen molar-refractivity contribution in [3.63, 3.8) is 0 Å². The third-order valence-corrected chi connectivity index (χ3v) is 3.92. The number of hydrogen-bond acceptors (Lipinski definition) is 3. The van der Waals surface area contributed by atoms with Crippen molar-refractivity contribution in [1.29, 1.82) is 0 Å². The molecule has 21 heavy (non-hydrogen) atoms. The van der Waals surface area contributed by atoms with Crippen molar-refractivity contribution < 1.29 is 9.59 Å². The quantitative estimate of drug-likeness (QED) is 0.603. The van der Waals surface area contributed by atoms with E-state index in [2.05, 4.69) is 5.32 Å². The van der Waals surface area contributed by atoms with Crippen molar-refractivity contribution in [1.82, 2.24) is 10.2 Å². The van der Waals surface area contributed by atoms with Gasteiger partial charge in [-0.2, -0.15) is 0 Å². The van der Waals surface area contributed by atoms with Gasteiger partial charge in [0.1, 0.15) is 0 Å². The minimum absolute atomic E-state index is 0.0383. The van der Waals surface area contributed by atoms with Crippen LogP contribution in [-0.2, 0) is 9.59 Å². The summed E-state index contributed by atoms with van der Waals surface area (Å²) in [4.78, 5) is 26.2. The highest BCUT2D eigenvalue weighted by Crippen LogP contribution is 2.32. The standard InChI is InChI=1S/C15H29N3O2S/c1-5-8-15(9-6-2,13(16)21)14(20)18(4)11-12(19)17-10-7-3/h5-11H2,1-4H3,(H2,16,21)(H,17,19). The summed E-state index contributed by atoms with van der Waals surface area (Å²) in [6.07, 6.45) is 3.75. The molecule has 3 N–H and O–H groups in total. The molecule has 0 saturated heterocycles. The maximum Gasteiger partial charge on any atom is 0.239 e. The lowest BCUT2D eigenvalue weighted by Gasteiger charge is -2.34. The van der Waals surface area contributed by atoms with Gasteiger partial charge < -0.3 is 16.0 Å². The number of carbonyl (C=O) groups excluding carboxylic acids is 2. The summed E-state index contributed by atoms with van der Waals surface area (Å²) in [6.45, 7) is 6.64. The summed E-state index contributed by atoms with van der Waals surface area (Å²) < 4.78 is 0. The third-order valence-electron chi connectivity index (χ3n) is 3.53. The summed E-state index contributed by atoms with van der Waals surface area (Å²) in [5.41, 5.74) is 5.06. The molecule has 0 saturated carbocycles. The molecular weight excluding hydrogens is 286 g/mol. The first kappa shape index (κ1) is 19.8. The summed E-state index contributed by atoms with van der Waals surface area (Å²) >= 11 is 5.17. The topological polar surface area (TPSA) is 75.4 Å². The zero-order valence-electron chi connectivity index (χ0n) is 13.7. The van der Waals surface area contributed by atoms with Crippen LogP contribution < -0.4 is 11.1 Å². The number of rotatable bonds is 10. The van der Waals surface area contributed by atoms with Gasteiger partial charge in [0.2, 0.25) is 11.8 Å². The highest BCUT2D eigenvalue weighted by atomic mass is 32.1. The Morgan fingerprint density at radius 1 is 1.14 bits per heavy atom. The predicted octanol–water partition coefficient (Wildman–Crippen LogP) is 1.84. The van der Waals surface area contributed by atoms with Gasteiger partial charge in [0.25, 0.3) is 0 Å². The van der Waals surface area contributed by atoms with Crippen molar-refractivity contribution in [2.45, 2.75) is 52.9 Å². The Kier molecular flexibility index (Phi) is 9.17. The Morgan fingerprint density at radius 3 is 2.05 bits per heavy atom. The molecule has 0 aliphatic heterocycles. The first-order valence-electron chi connectivity index (χ1n) is 7.67. The number of nitrogens with one attached hydrogen (secondary N) is 1. The van der Waals surface area contributed by atoms with E-state index >= 15 is 0 Å². The molecule has 0 aromatic carbocycles. The summed E-state index contributed by atoms with van der Waals surface area (Å²) in [7, 11) is 1.63. The monoisotopic (exact) mass is 315 g/mol. The van der Waals surface area contributed by atoms with E-state index in [0.717, 1.165) is 19.3 Å².